The van der Waals surface area contributed by atoms with Gasteiger partial charge in [0, 0.05) is 42.9 Å². The van der Waals surface area contributed by atoms with E-state index in [9.17, 15) is 4.79 Å². The lowest BCUT2D eigenvalue weighted by Crippen LogP contribution is -2.12. The summed E-state index contributed by atoms with van der Waals surface area (Å²) in [6.45, 7) is 2.45. The molecule has 11 heteroatoms. The van der Waals surface area contributed by atoms with Crippen molar-refractivity contribution in [3.8, 4) is 0 Å². The minimum atomic E-state index is -0.0952. The van der Waals surface area contributed by atoms with E-state index in [1.54, 1.807) is 17.5 Å². The van der Waals surface area contributed by atoms with Crippen LogP contribution in [0.2, 0.25) is 0 Å². The van der Waals surface area contributed by atoms with E-state index in [0.29, 0.717) is 36.5 Å². The van der Waals surface area contributed by atoms with Gasteiger partial charge in [0.15, 0.2) is 11.6 Å². The number of anilines is 4. The fourth-order valence-electron chi connectivity index (χ4n) is 3.46. The summed E-state index contributed by atoms with van der Waals surface area (Å²) < 4.78 is 6.77. The predicted molar refractivity (Wildman–Crippen MR) is 119 cm³/mol. The number of aryl methyl sites for hydroxylation is 1. The monoisotopic (exact) mass is 435 g/mol. The second kappa shape index (κ2) is 8.69. The first-order valence-corrected chi connectivity index (χ1v) is 10.8. The molecule has 1 amide bonds. The Labute approximate surface area is 184 Å². The Balaban J connectivity index is 1.14. The number of hydrogen-bond acceptors (Lipinski definition) is 8. The molecule has 0 radical (unpaired) electrons. The van der Waals surface area contributed by atoms with Gasteiger partial charge in [0.2, 0.25) is 17.7 Å². The van der Waals surface area contributed by atoms with Crippen molar-refractivity contribution in [2.24, 2.45) is 0 Å². The minimum absolute atomic E-state index is 0.0952. The minimum Gasteiger partial charge on any atom is -0.353 e. The third-order valence-corrected chi connectivity index (χ3v) is 5.26. The van der Waals surface area contributed by atoms with Crippen LogP contribution in [-0.2, 0) is 4.79 Å². The summed E-state index contributed by atoms with van der Waals surface area (Å²) in [5.74, 6) is 2.82. The molecule has 1 aliphatic rings. The quantitative estimate of drug-likeness (QED) is 0.277. The lowest BCUT2D eigenvalue weighted by molar-refractivity contribution is -0.116. The fraction of sp³-hybridized carbons (Fsp3) is 0.381. The van der Waals surface area contributed by atoms with Gasteiger partial charge < -0.3 is 15.2 Å². The highest BCUT2D eigenvalue weighted by Gasteiger charge is 2.25. The number of fused-ring (bicyclic) bond motifs is 1. The number of nitrogens with zero attached hydrogens (tertiary/aromatic N) is 5. The molecule has 4 heterocycles. The van der Waals surface area contributed by atoms with Gasteiger partial charge in [0.1, 0.15) is 5.52 Å². The van der Waals surface area contributed by atoms with Crippen LogP contribution >= 0.6 is 0 Å². The summed E-state index contributed by atoms with van der Waals surface area (Å²) in [7, 11) is 0. The van der Waals surface area contributed by atoms with E-state index < -0.39 is 0 Å². The summed E-state index contributed by atoms with van der Waals surface area (Å²) in [5.41, 5.74) is 2.76. The second-order valence-electron chi connectivity index (χ2n) is 7.99. The van der Waals surface area contributed by atoms with Gasteiger partial charge in [0.25, 0.3) is 0 Å². The van der Waals surface area contributed by atoms with E-state index in [0.717, 1.165) is 35.6 Å². The molecule has 4 aromatic rings. The molecule has 1 saturated carbocycles. The number of aromatic amines is 1. The average molecular weight is 435 g/mol. The van der Waals surface area contributed by atoms with E-state index in [4.69, 9.17) is 4.52 Å². The van der Waals surface area contributed by atoms with Gasteiger partial charge in [-0.05, 0) is 44.7 Å². The molecule has 11 nitrogen and oxygen atoms in total. The van der Waals surface area contributed by atoms with Crippen molar-refractivity contribution in [3.05, 3.63) is 41.9 Å². The molecule has 0 unspecified atom stereocenters. The molecule has 4 N–H and O–H groups in total. The molecule has 1 aliphatic carbocycles. The maximum atomic E-state index is 12.0. The summed E-state index contributed by atoms with van der Waals surface area (Å²) in [4.78, 5) is 16.6. The molecular weight excluding hydrogens is 410 g/mol. The third-order valence-electron chi connectivity index (χ3n) is 5.26. The van der Waals surface area contributed by atoms with Crippen molar-refractivity contribution in [3.63, 3.8) is 0 Å². The molecular formula is C21H25N9O2. The summed E-state index contributed by atoms with van der Waals surface area (Å²) >= 11 is 0. The summed E-state index contributed by atoms with van der Waals surface area (Å²) in [5, 5.41) is 24.9. The van der Waals surface area contributed by atoms with Crippen LogP contribution in [0.1, 0.15) is 49.4 Å². The number of nitrogens with one attached hydrogen (secondary N) is 4. The number of amides is 1. The normalized spacial score (nSPS) is 13.4. The average Bonchev–Trinajstić information content (AvgIpc) is 3.13. The smallest absolute Gasteiger partial charge is 0.243 e. The van der Waals surface area contributed by atoms with Crippen LogP contribution in [0.3, 0.4) is 0 Å². The Bertz CT molecular complexity index is 1220. The van der Waals surface area contributed by atoms with Crippen LogP contribution in [0, 0.1) is 6.92 Å². The Morgan fingerprint density at radius 1 is 1.31 bits per heavy atom. The van der Waals surface area contributed by atoms with E-state index >= 15 is 0 Å². The van der Waals surface area contributed by atoms with Gasteiger partial charge in [-0.15, -0.1) is 5.10 Å². The third kappa shape index (κ3) is 4.71. The number of carbonyl (C=O) groups is 1. The van der Waals surface area contributed by atoms with E-state index in [-0.39, 0.29) is 5.91 Å². The molecule has 0 aliphatic heterocycles. The lowest BCUT2D eigenvalue weighted by Gasteiger charge is -2.09. The van der Waals surface area contributed by atoms with Gasteiger partial charge in [-0.3, -0.25) is 15.2 Å². The van der Waals surface area contributed by atoms with Gasteiger partial charge in [-0.2, -0.15) is 10.1 Å². The Morgan fingerprint density at radius 3 is 3.03 bits per heavy atom. The lowest BCUT2D eigenvalue weighted by atomic mass is 10.2. The van der Waals surface area contributed by atoms with E-state index in [2.05, 4.69) is 41.4 Å². The first-order chi connectivity index (χ1) is 15.6. The highest BCUT2D eigenvalue weighted by atomic mass is 16.5. The van der Waals surface area contributed by atoms with Crippen molar-refractivity contribution in [1.29, 1.82) is 0 Å². The SMILES string of the molecule is Cc1cc(NC(=O)CCCCNc2nc(Nc3cc(C4CC4)[nH]n3)c3cccn3n2)on1. The molecule has 0 bridgehead atoms. The van der Waals surface area contributed by atoms with E-state index in [1.807, 2.05) is 24.4 Å². The number of carbonyl (C=O) groups excluding carboxylic acids is 1. The van der Waals surface area contributed by atoms with Crippen LogP contribution < -0.4 is 16.0 Å². The molecule has 32 heavy (non-hydrogen) atoms. The van der Waals surface area contributed by atoms with Crippen LogP contribution in [0.5, 0.6) is 0 Å². The standard InChI is InChI=1S/C21H25N9O2/c1-13-11-19(32-29-13)24-18(31)6-2-3-9-22-21-25-20(16-5-4-10-30(16)28-21)23-17-12-15(26-27-17)14-7-8-14/h4-5,10-12,14H,2-3,6-9H2,1H3,(H,24,31)(H3,22,23,25,26,27,28). The zero-order valence-corrected chi connectivity index (χ0v) is 17.8. The molecule has 0 spiro atoms. The van der Waals surface area contributed by atoms with Crippen LogP contribution in [0.4, 0.5) is 23.5 Å². The Hall–Kier alpha value is -3.89. The van der Waals surface area contributed by atoms with Crippen molar-refractivity contribution in [2.45, 2.75) is 44.9 Å². The fourth-order valence-corrected chi connectivity index (χ4v) is 3.46. The first-order valence-electron chi connectivity index (χ1n) is 10.8. The number of H-pyrrole nitrogens is 1. The molecule has 166 valence electrons. The molecule has 0 saturated heterocycles. The zero-order chi connectivity index (χ0) is 21.9. The summed E-state index contributed by atoms with van der Waals surface area (Å²) in [6.07, 6.45) is 6.22. The Kier molecular flexibility index (Phi) is 5.44. The Morgan fingerprint density at radius 2 is 2.22 bits per heavy atom. The van der Waals surface area contributed by atoms with Gasteiger partial charge in [-0.25, -0.2) is 4.52 Å². The highest BCUT2D eigenvalue weighted by molar-refractivity contribution is 5.89. The zero-order valence-electron chi connectivity index (χ0n) is 17.8. The molecule has 0 aromatic carbocycles. The van der Waals surface area contributed by atoms with Gasteiger partial charge in [-0.1, -0.05) is 5.16 Å². The van der Waals surface area contributed by atoms with Crippen molar-refractivity contribution >= 4 is 34.9 Å². The molecule has 5 rings (SSSR count). The molecule has 1 fully saturated rings. The maximum Gasteiger partial charge on any atom is 0.243 e. The topological polar surface area (TPSA) is 138 Å². The maximum absolute atomic E-state index is 12.0. The van der Waals surface area contributed by atoms with Crippen LogP contribution in [0.15, 0.2) is 35.0 Å². The first kappa shape index (κ1) is 20.0. The number of unbranched alkanes of at least 4 members (excludes halogenated alkanes) is 1. The molecule has 4 aromatic heterocycles. The van der Waals surface area contributed by atoms with Gasteiger partial charge >= 0.3 is 0 Å². The van der Waals surface area contributed by atoms with Gasteiger partial charge in [0.05, 0.1) is 5.69 Å². The van der Waals surface area contributed by atoms with Crippen LogP contribution in [-0.4, -0.2) is 42.4 Å². The second-order valence-corrected chi connectivity index (χ2v) is 7.99. The van der Waals surface area contributed by atoms with Crippen molar-refractivity contribution < 1.29 is 9.32 Å². The largest absolute Gasteiger partial charge is 0.353 e. The number of rotatable bonds is 10. The van der Waals surface area contributed by atoms with Crippen LogP contribution in [0.25, 0.3) is 5.52 Å². The molecule has 0 atom stereocenters. The van der Waals surface area contributed by atoms with E-state index in [1.165, 1.54) is 12.8 Å². The highest BCUT2D eigenvalue weighted by Crippen LogP contribution is 2.39. The number of hydrogen-bond donors (Lipinski definition) is 4. The van der Waals surface area contributed by atoms with Crippen molar-refractivity contribution in [1.82, 2.24) is 30.0 Å². The van der Waals surface area contributed by atoms with Crippen molar-refractivity contribution in [2.75, 3.05) is 22.5 Å². The number of aromatic nitrogens is 6. The predicted octanol–water partition coefficient (Wildman–Crippen LogP) is 3.59. The summed E-state index contributed by atoms with van der Waals surface area (Å²) in [6, 6.07) is 7.61.